The molecule has 1 heterocycles. The molecule has 1 amide bonds. The first kappa shape index (κ1) is 14.0. The number of β-amino-alcohol motifs (C(OH)–C–C–N with tert-alkyl or cyclic N) is 1. The SMILES string of the molecule is CN(C)CC(C)(O)CN1CCc2ccccc2C1=O. The minimum atomic E-state index is -0.883. The second kappa shape index (κ2) is 5.31. The average Bonchev–Trinajstić information content (AvgIpc) is 2.31. The molecule has 104 valence electrons. The normalized spacial score (nSPS) is 18.4. The van der Waals surface area contributed by atoms with Crippen molar-refractivity contribution in [3.8, 4) is 0 Å². The van der Waals surface area contributed by atoms with Crippen LogP contribution in [0.2, 0.25) is 0 Å². The molecule has 0 fully saturated rings. The summed E-state index contributed by atoms with van der Waals surface area (Å²) in [4.78, 5) is 16.1. The van der Waals surface area contributed by atoms with Crippen molar-refractivity contribution in [1.82, 2.24) is 9.80 Å². The van der Waals surface area contributed by atoms with Crippen molar-refractivity contribution in [2.45, 2.75) is 18.9 Å². The molecule has 0 bridgehead atoms. The van der Waals surface area contributed by atoms with Crippen LogP contribution in [0.1, 0.15) is 22.8 Å². The molecule has 0 spiro atoms. The van der Waals surface area contributed by atoms with E-state index in [9.17, 15) is 9.90 Å². The van der Waals surface area contributed by atoms with Gasteiger partial charge in [0.1, 0.15) is 0 Å². The molecule has 4 heteroatoms. The maximum Gasteiger partial charge on any atom is 0.254 e. The van der Waals surface area contributed by atoms with E-state index < -0.39 is 5.60 Å². The van der Waals surface area contributed by atoms with Crippen LogP contribution >= 0.6 is 0 Å². The molecule has 0 aliphatic carbocycles. The van der Waals surface area contributed by atoms with E-state index >= 15 is 0 Å². The number of likely N-dealkylation sites (N-methyl/N-ethyl adjacent to an activating group) is 1. The van der Waals surface area contributed by atoms with Gasteiger partial charge in [0.15, 0.2) is 0 Å². The number of benzene rings is 1. The lowest BCUT2D eigenvalue weighted by Gasteiger charge is -2.36. The van der Waals surface area contributed by atoms with E-state index in [0.717, 1.165) is 17.5 Å². The molecule has 0 saturated heterocycles. The lowest BCUT2D eigenvalue weighted by molar-refractivity contribution is 0.000755. The van der Waals surface area contributed by atoms with Gasteiger partial charge in [0.25, 0.3) is 5.91 Å². The van der Waals surface area contributed by atoms with Crippen LogP contribution in [0.15, 0.2) is 24.3 Å². The van der Waals surface area contributed by atoms with Gasteiger partial charge in [-0.1, -0.05) is 18.2 Å². The van der Waals surface area contributed by atoms with Gasteiger partial charge >= 0.3 is 0 Å². The topological polar surface area (TPSA) is 43.8 Å². The fourth-order valence-corrected chi connectivity index (χ4v) is 2.77. The largest absolute Gasteiger partial charge is 0.387 e. The maximum atomic E-state index is 12.4. The first-order valence-corrected chi connectivity index (χ1v) is 6.63. The zero-order valence-electron chi connectivity index (χ0n) is 11.9. The molecule has 4 nitrogen and oxygen atoms in total. The fraction of sp³-hybridized carbons (Fsp3) is 0.533. The molecule has 2 rings (SSSR count). The van der Waals surface area contributed by atoms with Crippen molar-refractivity contribution < 1.29 is 9.90 Å². The zero-order valence-corrected chi connectivity index (χ0v) is 11.9. The van der Waals surface area contributed by atoms with Gasteiger partial charge in [0.2, 0.25) is 0 Å². The highest BCUT2D eigenvalue weighted by atomic mass is 16.3. The predicted octanol–water partition coefficient (Wildman–Crippen LogP) is 0.997. The second-order valence-electron chi connectivity index (χ2n) is 5.87. The molecule has 0 saturated carbocycles. The number of carbonyl (C=O) groups excluding carboxylic acids is 1. The number of amides is 1. The van der Waals surface area contributed by atoms with E-state index in [0.29, 0.717) is 19.6 Å². The zero-order chi connectivity index (χ0) is 14.0. The summed E-state index contributed by atoms with van der Waals surface area (Å²) < 4.78 is 0. The Morgan fingerprint density at radius 2 is 2.05 bits per heavy atom. The Balaban J connectivity index is 2.10. The van der Waals surface area contributed by atoms with Crippen molar-refractivity contribution in [1.29, 1.82) is 0 Å². The third-order valence-corrected chi connectivity index (χ3v) is 3.37. The van der Waals surface area contributed by atoms with Gasteiger partial charge in [-0.05, 0) is 39.1 Å². The fourth-order valence-electron chi connectivity index (χ4n) is 2.77. The summed E-state index contributed by atoms with van der Waals surface area (Å²) in [6, 6.07) is 7.72. The van der Waals surface area contributed by atoms with Crippen molar-refractivity contribution >= 4 is 5.91 Å². The Labute approximate surface area is 114 Å². The monoisotopic (exact) mass is 262 g/mol. The van der Waals surface area contributed by atoms with Crippen LogP contribution in [-0.2, 0) is 6.42 Å². The van der Waals surface area contributed by atoms with E-state index in [-0.39, 0.29) is 5.91 Å². The summed E-state index contributed by atoms with van der Waals surface area (Å²) >= 11 is 0. The highest BCUT2D eigenvalue weighted by molar-refractivity contribution is 5.96. The first-order valence-electron chi connectivity index (χ1n) is 6.63. The Kier molecular flexibility index (Phi) is 3.92. The van der Waals surface area contributed by atoms with Crippen molar-refractivity contribution in [2.24, 2.45) is 0 Å². The van der Waals surface area contributed by atoms with Gasteiger partial charge in [-0.15, -0.1) is 0 Å². The summed E-state index contributed by atoms with van der Waals surface area (Å²) in [6.45, 7) is 3.37. The van der Waals surface area contributed by atoms with Gasteiger partial charge in [0.05, 0.1) is 12.1 Å². The van der Waals surface area contributed by atoms with E-state index in [1.54, 1.807) is 11.8 Å². The van der Waals surface area contributed by atoms with Crippen LogP contribution in [0.25, 0.3) is 0 Å². The molecule has 0 aromatic heterocycles. The van der Waals surface area contributed by atoms with Crippen LogP contribution in [0.4, 0.5) is 0 Å². The Morgan fingerprint density at radius 1 is 1.37 bits per heavy atom. The van der Waals surface area contributed by atoms with Crippen molar-refractivity contribution in [2.75, 3.05) is 33.7 Å². The quantitative estimate of drug-likeness (QED) is 0.880. The minimum Gasteiger partial charge on any atom is -0.387 e. The molecule has 1 N–H and O–H groups in total. The van der Waals surface area contributed by atoms with Crippen LogP contribution in [0, 0.1) is 0 Å². The first-order chi connectivity index (χ1) is 8.89. The third kappa shape index (κ3) is 3.33. The molecular formula is C15H22N2O2. The summed E-state index contributed by atoms with van der Waals surface area (Å²) in [5.74, 6) is 0.0286. The highest BCUT2D eigenvalue weighted by Gasteiger charge is 2.30. The molecule has 1 atom stereocenters. The van der Waals surface area contributed by atoms with E-state index in [1.165, 1.54) is 0 Å². The third-order valence-electron chi connectivity index (χ3n) is 3.37. The van der Waals surface area contributed by atoms with Crippen LogP contribution in [0.3, 0.4) is 0 Å². The van der Waals surface area contributed by atoms with E-state index in [4.69, 9.17) is 0 Å². The molecule has 1 aromatic rings. The minimum absolute atomic E-state index is 0.0286. The summed E-state index contributed by atoms with van der Waals surface area (Å²) in [6.07, 6.45) is 0.861. The number of nitrogens with zero attached hydrogens (tertiary/aromatic N) is 2. The maximum absolute atomic E-state index is 12.4. The second-order valence-corrected chi connectivity index (χ2v) is 5.87. The Hall–Kier alpha value is -1.39. The highest BCUT2D eigenvalue weighted by Crippen LogP contribution is 2.20. The molecule has 1 aliphatic rings. The smallest absolute Gasteiger partial charge is 0.254 e. The Morgan fingerprint density at radius 3 is 2.74 bits per heavy atom. The summed E-state index contributed by atoms with van der Waals surface area (Å²) in [7, 11) is 3.84. The Bertz CT molecular complexity index is 469. The standard InChI is InChI=1S/C15H22N2O2/c1-15(19,10-16(2)3)11-17-9-8-12-6-4-5-7-13(12)14(17)18/h4-7,19H,8-11H2,1-3H3. The molecule has 1 aromatic carbocycles. The molecule has 1 unspecified atom stereocenters. The number of aliphatic hydroxyl groups is 1. The van der Waals surface area contributed by atoms with Crippen LogP contribution in [0.5, 0.6) is 0 Å². The van der Waals surface area contributed by atoms with Gasteiger partial charge in [-0.2, -0.15) is 0 Å². The van der Waals surface area contributed by atoms with Crippen LogP contribution < -0.4 is 0 Å². The predicted molar refractivity (Wildman–Crippen MR) is 75.2 cm³/mol. The molecule has 0 radical (unpaired) electrons. The van der Waals surface area contributed by atoms with Crippen molar-refractivity contribution in [3.05, 3.63) is 35.4 Å². The lowest BCUT2D eigenvalue weighted by atomic mass is 9.97. The van der Waals surface area contributed by atoms with Gasteiger partial charge in [0, 0.05) is 18.7 Å². The van der Waals surface area contributed by atoms with Crippen LogP contribution in [-0.4, -0.2) is 60.1 Å². The van der Waals surface area contributed by atoms with E-state index in [1.807, 2.05) is 43.3 Å². The summed E-state index contributed by atoms with van der Waals surface area (Å²) in [5.41, 5.74) is 0.997. The lowest BCUT2D eigenvalue weighted by Crippen LogP contribution is -2.50. The number of hydrogen-bond acceptors (Lipinski definition) is 3. The molecule has 19 heavy (non-hydrogen) atoms. The van der Waals surface area contributed by atoms with Crippen molar-refractivity contribution in [3.63, 3.8) is 0 Å². The number of fused-ring (bicyclic) bond motifs is 1. The number of rotatable bonds is 4. The number of hydrogen-bond donors (Lipinski definition) is 1. The van der Waals surface area contributed by atoms with Gasteiger partial charge in [-0.25, -0.2) is 0 Å². The average molecular weight is 262 g/mol. The number of carbonyl (C=O) groups is 1. The van der Waals surface area contributed by atoms with Gasteiger partial charge < -0.3 is 14.9 Å². The van der Waals surface area contributed by atoms with Gasteiger partial charge in [-0.3, -0.25) is 4.79 Å². The summed E-state index contributed by atoms with van der Waals surface area (Å²) in [5, 5.41) is 10.4. The van der Waals surface area contributed by atoms with E-state index in [2.05, 4.69) is 0 Å². The molecular weight excluding hydrogens is 240 g/mol. The molecule has 1 aliphatic heterocycles.